The van der Waals surface area contributed by atoms with E-state index in [1.165, 1.54) is 11.0 Å². The third-order valence-electron chi connectivity index (χ3n) is 3.84. The van der Waals surface area contributed by atoms with Crippen LogP contribution in [0.1, 0.15) is 19.4 Å². The number of amides is 1. The SMILES string of the molecule is CC(C)=CC(=O)N1CCN(S(=O)(=O)c2cc(C(F)(F)F)ccc2Cl)CC1. The zero-order valence-corrected chi connectivity index (χ0v) is 15.7. The van der Waals surface area contributed by atoms with Gasteiger partial charge in [-0.15, -0.1) is 0 Å². The number of piperazine rings is 1. The fourth-order valence-corrected chi connectivity index (χ4v) is 4.43. The highest BCUT2D eigenvalue weighted by Gasteiger charge is 2.35. The van der Waals surface area contributed by atoms with E-state index in [1.54, 1.807) is 13.8 Å². The molecule has 144 valence electrons. The second-order valence-corrected chi connectivity index (χ2v) is 8.41. The Morgan fingerprint density at radius 3 is 2.23 bits per heavy atom. The van der Waals surface area contributed by atoms with E-state index in [9.17, 15) is 26.4 Å². The molecule has 1 aromatic carbocycles. The number of carbonyl (C=O) groups is 1. The molecule has 5 nitrogen and oxygen atoms in total. The lowest BCUT2D eigenvalue weighted by atomic mass is 10.2. The normalized spacial score (nSPS) is 16.5. The van der Waals surface area contributed by atoms with Gasteiger partial charge >= 0.3 is 6.18 Å². The third-order valence-corrected chi connectivity index (χ3v) is 6.22. The van der Waals surface area contributed by atoms with Gasteiger partial charge in [0.2, 0.25) is 15.9 Å². The first-order valence-electron chi connectivity index (χ1n) is 7.73. The molecular formula is C16H18ClF3N2O3S. The Kier molecular flexibility index (Phi) is 6.04. The van der Waals surface area contributed by atoms with Gasteiger partial charge < -0.3 is 4.90 Å². The van der Waals surface area contributed by atoms with Gasteiger partial charge in [0.25, 0.3) is 0 Å². The van der Waals surface area contributed by atoms with Gasteiger partial charge in [0.1, 0.15) is 4.90 Å². The van der Waals surface area contributed by atoms with Crippen molar-refractivity contribution in [3.63, 3.8) is 0 Å². The summed E-state index contributed by atoms with van der Waals surface area (Å²) in [5.41, 5.74) is -0.265. The Hall–Kier alpha value is -1.58. The van der Waals surface area contributed by atoms with Crippen LogP contribution in [-0.2, 0) is 21.0 Å². The number of alkyl halides is 3. The lowest BCUT2D eigenvalue weighted by Gasteiger charge is -2.33. The third kappa shape index (κ3) is 4.57. The molecule has 0 unspecified atom stereocenters. The fraction of sp³-hybridized carbons (Fsp3) is 0.438. The summed E-state index contributed by atoms with van der Waals surface area (Å²) < 4.78 is 65.1. The van der Waals surface area contributed by atoms with Crippen LogP contribution >= 0.6 is 11.6 Å². The minimum Gasteiger partial charge on any atom is -0.337 e. The molecule has 0 atom stereocenters. The molecule has 1 fully saturated rings. The monoisotopic (exact) mass is 410 g/mol. The molecule has 1 aliphatic heterocycles. The van der Waals surface area contributed by atoms with Crippen molar-refractivity contribution in [1.82, 2.24) is 9.21 Å². The summed E-state index contributed by atoms with van der Waals surface area (Å²) in [6, 6.07) is 2.20. The van der Waals surface area contributed by atoms with Gasteiger partial charge in [-0.05, 0) is 32.0 Å². The minimum absolute atomic E-state index is 0.0166. The van der Waals surface area contributed by atoms with Gasteiger partial charge in [0.15, 0.2) is 0 Å². The zero-order valence-electron chi connectivity index (χ0n) is 14.2. The molecule has 1 heterocycles. The summed E-state index contributed by atoms with van der Waals surface area (Å²) in [6.07, 6.45) is -3.22. The van der Waals surface area contributed by atoms with E-state index in [2.05, 4.69) is 0 Å². The maximum atomic E-state index is 12.9. The van der Waals surface area contributed by atoms with E-state index in [-0.39, 0.29) is 37.1 Å². The van der Waals surface area contributed by atoms with E-state index in [4.69, 9.17) is 11.6 Å². The van der Waals surface area contributed by atoms with Crippen LogP contribution in [0.5, 0.6) is 0 Å². The van der Waals surface area contributed by atoms with Crippen LogP contribution in [0.3, 0.4) is 0 Å². The number of hydrogen-bond donors (Lipinski definition) is 0. The average Bonchev–Trinajstić information content (AvgIpc) is 2.53. The van der Waals surface area contributed by atoms with Crippen LogP contribution in [0.4, 0.5) is 13.2 Å². The van der Waals surface area contributed by atoms with Crippen LogP contribution in [-0.4, -0.2) is 49.7 Å². The quantitative estimate of drug-likeness (QED) is 0.719. The number of sulfonamides is 1. The topological polar surface area (TPSA) is 57.7 Å². The molecule has 26 heavy (non-hydrogen) atoms. The molecule has 0 spiro atoms. The molecule has 0 aromatic heterocycles. The summed E-state index contributed by atoms with van der Waals surface area (Å²) in [5, 5.41) is -0.277. The highest BCUT2D eigenvalue weighted by molar-refractivity contribution is 7.89. The molecule has 1 aromatic rings. The Balaban J connectivity index is 2.23. The van der Waals surface area contributed by atoms with Crippen molar-refractivity contribution in [3.8, 4) is 0 Å². The standard InChI is InChI=1S/C16H18ClF3N2O3S/c1-11(2)9-15(23)21-5-7-22(8-6-21)26(24,25)14-10-12(16(18,19)20)3-4-13(14)17/h3-4,9-10H,5-8H2,1-2H3. The number of rotatable bonds is 3. The van der Waals surface area contributed by atoms with E-state index in [0.717, 1.165) is 22.0 Å². The first-order valence-corrected chi connectivity index (χ1v) is 9.55. The first kappa shape index (κ1) is 20.7. The molecule has 1 saturated heterocycles. The lowest BCUT2D eigenvalue weighted by Crippen LogP contribution is -2.50. The molecule has 0 radical (unpaired) electrons. The molecule has 0 aliphatic carbocycles. The lowest BCUT2D eigenvalue weighted by molar-refractivity contribution is -0.137. The molecule has 1 amide bonds. The number of allylic oxidation sites excluding steroid dienone is 1. The van der Waals surface area contributed by atoms with E-state index >= 15 is 0 Å². The van der Waals surface area contributed by atoms with Crippen molar-refractivity contribution in [2.24, 2.45) is 0 Å². The molecule has 0 saturated carbocycles. The predicted octanol–water partition coefficient (Wildman–Crippen LogP) is 3.16. The van der Waals surface area contributed by atoms with E-state index < -0.39 is 26.7 Å². The number of benzene rings is 1. The first-order chi connectivity index (χ1) is 11.9. The van der Waals surface area contributed by atoms with E-state index in [0.29, 0.717) is 6.07 Å². The molecule has 0 N–H and O–H groups in total. The van der Waals surface area contributed by atoms with Gasteiger partial charge in [-0.1, -0.05) is 17.2 Å². The highest BCUT2D eigenvalue weighted by Crippen LogP contribution is 2.34. The van der Waals surface area contributed by atoms with Gasteiger partial charge in [-0.25, -0.2) is 8.42 Å². The number of nitrogens with zero attached hydrogens (tertiary/aromatic N) is 2. The van der Waals surface area contributed by atoms with Crippen LogP contribution in [0.15, 0.2) is 34.7 Å². The predicted molar refractivity (Wildman–Crippen MR) is 91.2 cm³/mol. The highest BCUT2D eigenvalue weighted by atomic mass is 35.5. The second-order valence-electron chi connectivity index (χ2n) is 6.09. The Morgan fingerprint density at radius 1 is 1.15 bits per heavy atom. The maximum absolute atomic E-state index is 12.9. The van der Waals surface area contributed by atoms with Crippen molar-refractivity contribution in [3.05, 3.63) is 40.4 Å². The number of hydrogen-bond acceptors (Lipinski definition) is 3. The van der Waals surface area contributed by atoms with Crippen LogP contribution in [0.2, 0.25) is 5.02 Å². The summed E-state index contributed by atoms with van der Waals surface area (Å²) in [4.78, 5) is 12.9. The maximum Gasteiger partial charge on any atom is 0.416 e. The number of halogens is 4. The van der Waals surface area contributed by atoms with Gasteiger partial charge in [-0.2, -0.15) is 17.5 Å². The summed E-state index contributed by atoms with van der Waals surface area (Å²) in [5.74, 6) is -0.223. The van der Waals surface area contributed by atoms with Crippen molar-refractivity contribution < 1.29 is 26.4 Å². The Labute approximate surface area is 155 Å². The van der Waals surface area contributed by atoms with Crippen LogP contribution < -0.4 is 0 Å². The molecule has 10 heteroatoms. The van der Waals surface area contributed by atoms with Crippen molar-refractivity contribution in [1.29, 1.82) is 0 Å². The van der Waals surface area contributed by atoms with Crippen LogP contribution in [0.25, 0.3) is 0 Å². The second kappa shape index (κ2) is 7.58. The molecular weight excluding hydrogens is 393 g/mol. The van der Waals surface area contributed by atoms with E-state index in [1.807, 2.05) is 0 Å². The van der Waals surface area contributed by atoms with Gasteiger partial charge in [0.05, 0.1) is 10.6 Å². The summed E-state index contributed by atoms with van der Waals surface area (Å²) in [6.45, 7) is 3.81. The Bertz CT molecular complexity index is 826. The smallest absolute Gasteiger partial charge is 0.337 e. The summed E-state index contributed by atoms with van der Waals surface area (Å²) in [7, 11) is -4.20. The van der Waals surface area contributed by atoms with Crippen molar-refractivity contribution in [2.75, 3.05) is 26.2 Å². The van der Waals surface area contributed by atoms with Gasteiger partial charge in [-0.3, -0.25) is 4.79 Å². The number of carbonyl (C=O) groups excluding carboxylic acids is 1. The fourth-order valence-electron chi connectivity index (χ4n) is 2.50. The molecule has 0 bridgehead atoms. The summed E-state index contributed by atoms with van der Waals surface area (Å²) >= 11 is 5.84. The molecule has 1 aliphatic rings. The van der Waals surface area contributed by atoms with Crippen molar-refractivity contribution in [2.45, 2.75) is 24.9 Å². The Morgan fingerprint density at radius 2 is 1.73 bits per heavy atom. The molecule has 2 rings (SSSR count). The zero-order chi connectivity index (χ0) is 19.7. The average molecular weight is 411 g/mol. The van der Waals surface area contributed by atoms with Gasteiger partial charge in [0, 0.05) is 32.3 Å². The largest absolute Gasteiger partial charge is 0.416 e. The van der Waals surface area contributed by atoms with Crippen LogP contribution in [0, 0.1) is 0 Å². The minimum atomic E-state index is -4.68. The van der Waals surface area contributed by atoms with Crippen molar-refractivity contribution >= 4 is 27.5 Å².